The highest BCUT2D eigenvalue weighted by molar-refractivity contribution is 5.81. The number of nitrogens with two attached hydrogens (primary N) is 1. The summed E-state index contributed by atoms with van der Waals surface area (Å²) in [5.41, 5.74) is 4.00. The molecule has 1 heterocycles. The maximum atomic E-state index is 10.9. The minimum atomic E-state index is -1.34. The van der Waals surface area contributed by atoms with Gasteiger partial charge in [0.15, 0.2) is 0 Å². The molecule has 1 unspecified atom stereocenters. The van der Waals surface area contributed by atoms with E-state index in [9.17, 15) is 9.59 Å². The molecule has 1 amide bonds. The van der Waals surface area contributed by atoms with Gasteiger partial charge < -0.3 is 20.8 Å². The van der Waals surface area contributed by atoms with E-state index in [4.69, 9.17) is 15.9 Å². The second kappa shape index (κ2) is 3.81. The van der Waals surface area contributed by atoms with E-state index in [1.165, 1.54) is 0 Å². The van der Waals surface area contributed by atoms with Crippen LogP contribution in [0.3, 0.4) is 0 Å². The van der Waals surface area contributed by atoms with Crippen LogP contribution in [-0.2, 0) is 4.79 Å². The number of hydrogen-bond donors (Lipinski definition) is 4. The van der Waals surface area contributed by atoms with Gasteiger partial charge in [0, 0.05) is 19.6 Å². The number of amides is 1. The van der Waals surface area contributed by atoms with Gasteiger partial charge in [-0.2, -0.15) is 0 Å². The van der Waals surface area contributed by atoms with Gasteiger partial charge in [-0.05, 0) is 0 Å². The van der Waals surface area contributed by atoms with E-state index in [1.54, 1.807) is 0 Å². The van der Waals surface area contributed by atoms with Crippen LogP contribution < -0.4 is 11.1 Å². The molecule has 1 atom stereocenters. The Morgan fingerprint density at radius 2 is 2.14 bits per heavy atom. The van der Waals surface area contributed by atoms with Crippen LogP contribution in [0.15, 0.2) is 0 Å². The minimum Gasteiger partial charge on any atom is -0.480 e. The van der Waals surface area contributed by atoms with Crippen molar-refractivity contribution in [1.29, 1.82) is 0 Å². The summed E-state index contributed by atoms with van der Waals surface area (Å²) in [7, 11) is 0. The van der Waals surface area contributed by atoms with Crippen molar-refractivity contribution in [1.82, 2.24) is 10.2 Å². The van der Waals surface area contributed by atoms with Crippen LogP contribution in [0.1, 0.15) is 0 Å². The summed E-state index contributed by atoms with van der Waals surface area (Å²) in [6.45, 7) is 0.334. The highest BCUT2D eigenvalue weighted by Crippen LogP contribution is 2.11. The predicted octanol–water partition coefficient (Wildman–Crippen LogP) is -1.65. The molecule has 1 aliphatic rings. The Hall–Kier alpha value is -1.34. The van der Waals surface area contributed by atoms with Gasteiger partial charge in [0.2, 0.25) is 0 Å². The normalized spacial score (nSPS) is 27.4. The number of carboxylic acid groups (broad SMARTS) is 2. The molecule has 0 aromatic heterocycles. The molecule has 7 heteroatoms. The number of aliphatic carboxylic acids is 1. The number of nitrogens with zero attached hydrogens (tertiary/aromatic N) is 1. The van der Waals surface area contributed by atoms with Crippen molar-refractivity contribution in [3.63, 3.8) is 0 Å². The Morgan fingerprint density at radius 1 is 1.50 bits per heavy atom. The van der Waals surface area contributed by atoms with Gasteiger partial charge in [-0.1, -0.05) is 0 Å². The summed E-state index contributed by atoms with van der Waals surface area (Å²) in [5.74, 6) is -1.12. The SMILES string of the molecule is NCC1(C(=O)O)CN(C(=O)O)CCN1. The molecule has 1 rings (SSSR count). The lowest BCUT2D eigenvalue weighted by Crippen LogP contribution is -2.68. The third-order valence-corrected chi connectivity index (χ3v) is 2.33. The van der Waals surface area contributed by atoms with Crippen LogP contribution in [0.4, 0.5) is 4.79 Å². The minimum absolute atomic E-state index is 0.117. The molecule has 14 heavy (non-hydrogen) atoms. The first-order valence-electron chi connectivity index (χ1n) is 4.18. The van der Waals surface area contributed by atoms with Gasteiger partial charge in [-0.15, -0.1) is 0 Å². The maximum Gasteiger partial charge on any atom is 0.407 e. The van der Waals surface area contributed by atoms with Crippen molar-refractivity contribution < 1.29 is 19.8 Å². The molecule has 0 aromatic rings. The van der Waals surface area contributed by atoms with Gasteiger partial charge in [0.25, 0.3) is 0 Å². The largest absolute Gasteiger partial charge is 0.480 e. The zero-order valence-electron chi connectivity index (χ0n) is 7.56. The highest BCUT2D eigenvalue weighted by Gasteiger charge is 2.42. The molecule has 0 spiro atoms. The third kappa shape index (κ3) is 1.78. The van der Waals surface area contributed by atoms with E-state index < -0.39 is 17.6 Å². The molecule has 0 saturated carbocycles. The van der Waals surface area contributed by atoms with Gasteiger partial charge in [-0.3, -0.25) is 10.1 Å². The lowest BCUT2D eigenvalue weighted by Gasteiger charge is -2.38. The summed E-state index contributed by atoms with van der Waals surface area (Å²) < 4.78 is 0. The first-order chi connectivity index (χ1) is 6.52. The van der Waals surface area contributed by atoms with Crippen molar-refractivity contribution in [2.45, 2.75) is 5.54 Å². The Balaban J connectivity index is 2.79. The molecule has 0 aliphatic carbocycles. The van der Waals surface area contributed by atoms with Crippen LogP contribution in [0.5, 0.6) is 0 Å². The van der Waals surface area contributed by atoms with E-state index in [0.29, 0.717) is 6.54 Å². The van der Waals surface area contributed by atoms with Crippen molar-refractivity contribution >= 4 is 12.1 Å². The van der Waals surface area contributed by atoms with E-state index in [1.807, 2.05) is 0 Å². The lowest BCUT2D eigenvalue weighted by molar-refractivity contribution is -0.146. The van der Waals surface area contributed by atoms with Gasteiger partial charge in [0.1, 0.15) is 5.54 Å². The van der Waals surface area contributed by atoms with Crippen LogP contribution in [0.25, 0.3) is 0 Å². The van der Waals surface area contributed by atoms with Crippen LogP contribution >= 0.6 is 0 Å². The number of carbonyl (C=O) groups is 2. The summed E-state index contributed by atoms with van der Waals surface area (Å²) in [4.78, 5) is 22.6. The average Bonchev–Trinajstić information content (AvgIpc) is 2.17. The van der Waals surface area contributed by atoms with E-state index >= 15 is 0 Å². The third-order valence-electron chi connectivity index (χ3n) is 2.33. The van der Waals surface area contributed by atoms with Gasteiger partial charge in [-0.25, -0.2) is 4.79 Å². The molecule has 1 fully saturated rings. The molecule has 1 aliphatic heterocycles. The molecular formula is C7H13N3O4. The molecule has 0 bridgehead atoms. The fourth-order valence-electron chi connectivity index (χ4n) is 1.42. The monoisotopic (exact) mass is 203 g/mol. The topological polar surface area (TPSA) is 116 Å². The molecule has 5 N–H and O–H groups in total. The van der Waals surface area contributed by atoms with Gasteiger partial charge in [0.05, 0.1) is 6.54 Å². The molecule has 7 nitrogen and oxygen atoms in total. The fourth-order valence-corrected chi connectivity index (χ4v) is 1.42. The molecular weight excluding hydrogens is 190 g/mol. The van der Waals surface area contributed by atoms with E-state index in [2.05, 4.69) is 5.32 Å². The molecule has 80 valence electrons. The Morgan fingerprint density at radius 3 is 2.57 bits per heavy atom. The lowest BCUT2D eigenvalue weighted by atomic mass is 9.97. The smallest absolute Gasteiger partial charge is 0.407 e. The number of hydrogen-bond acceptors (Lipinski definition) is 4. The second-order valence-corrected chi connectivity index (χ2v) is 3.22. The van der Waals surface area contributed by atoms with E-state index in [0.717, 1.165) is 4.90 Å². The van der Waals surface area contributed by atoms with Crippen LogP contribution in [-0.4, -0.2) is 58.9 Å². The summed E-state index contributed by atoms with van der Waals surface area (Å²) in [6.07, 6.45) is -1.12. The fraction of sp³-hybridized carbons (Fsp3) is 0.714. The highest BCUT2D eigenvalue weighted by atomic mass is 16.4. The van der Waals surface area contributed by atoms with Crippen molar-refractivity contribution in [2.24, 2.45) is 5.73 Å². The Kier molecular flexibility index (Phi) is 2.92. The molecule has 0 aromatic carbocycles. The number of nitrogens with one attached hydrogen (secondary N) is 1. The first kappa shape index (κ1) is 10.7. The predicted molar refractivity (Wildman–Crippen MR) is 47.0 cm³/mol. The van der Waals surface area contributed by atoms with Crippen molar-refractivity contribution in [3.8, 4) is 0 Å². The zero-order chi connectivity index (χ0) is 10.8. The summed E-state index contributed by atoms with van der Waals surface area (Å²) in [6, 6.07) is 0. The first-order valence-corrected chi connectivity index (χ1v) is 4.18. The number of carboxylic acids is 1. The quantitative estimate of drug-likeness (QED) is 0.427. The summed E-state index contributed by atoms with van der Waals surface area (Å²) in [5, 5.41) is 20.4. The number of piperazine rings is 1. The average molecular weight is 203 g/mol. The van der Waals surface area contributed by atoms with Crippen LogP contribution in [0, 0.1) is 0 Å². The molecule has 0 radical (unpaired) electrons. The summed E-state index contributed by atoms with van der Waals surface area (Å²) >= 11 is 0. The second-order valence-electron chi connectivity index (χ2n) is 3.22. The maximum absolute atomic E-state index is 10.9. The zero-order valence-corrected chi connectivity index (χ0v) is 7.56. The van der Waals surface area contributed by atoms with Crippen molar-refractivity contribution in [3.05, 3.63) is 0 Å². The molecule has 1 saturated heterocycles. The van der Waals surface area contributed by atoms with Crippen molar-refractivity contribution in [2.75, 3.05) is 26.2 Å². The van der Waals surface area contributed by atoms with Gasteiger partial charge >= 0.3 is 12.1 Å². The standard InChI is InChI=1S/C7H13N3O4/c8-3-7(5(11)12)4-10(6(13)14)2-1-9-7/h9H,1-4,8H2,(H,11,12)(H,13,14). The van der Waals surface area contributed by atoms with E-state index in [-0.39, 0.29) is 19.6 Å². The Bertz CT molecular complexity index is 257. The Labute approximate surface area is 80.5 Å². The van der Waals surface area contributed by atoms with Crippen LogP contribution in [0.2, 0.25) is 0 Å². The number of rotatable bonds is 2.